The molecule has 0 aliphatic rings. The summed E-state index contributed by atoms with van der Waals surface area (Å²) < 4.78 is 12.0. The Morgan fingerprint density at radius 1 is 1.17 bits per heavy atom. The zero-order valence-electron chi connectivity index (χ0n) is 15.7. The highest BCUT2D eigenvalue weighted by Gasteiger charge is 2.14. The zero-order valence-corrected chi connectivity index (χ0v) is 17.3. The summed E-state index contributed by atoms with van der Waals surface area (Å²) in [6, 6.07) is 12.1. The molecule has 2 aromatic carbocycles. The van der Waals surface area contributed by atoms with E-state index in [2.05, 4.69) is 10.3 Å². The minimum absolute atomic E-state index is 0.00611. The van der Waals surface area contributed by atoms with Crippen molar-refractivity contribution in [3.05, 3.63) is 70.2 Å². The summed E-state index contributed by atoms with van der Waals surface area (Å²) in [5.74, 6) is 0.726. The molecule has 0 unspecified atom stereocenters. The minimum atomic E-state index is -0.338. The number of hydrogen-bond acceptors (Lipinski definition) is 6. The number of benzene rings is 2. The van der Waals surface area contributed by atoms with Crippen LogP contribution in [-0.2, 0) is 4.79 Å². The third-order valence-electron chi connectivity index (χ3n) is 3.93. The van der Waals surface area contributed by atoms with Gasteiger partial charge in [0.2, 0.25) is 5.91 Å². The first kappa shape index (κ1) is 20.8. The number of thioether (sulfide) groups is 1. The van der Waals surface area contributed by atoms with Crippen LogP contribution in [0.5, 0.6) is 11.5 Å². The van der Waals surface area contributed by atoms with Gasteiger partial charge >= 0.3 is 0 Å². The minimum Gasteiger partial charge on any atom is -0.495 e. The topological polar surface area (TPSA) is 82.4 Å². The first-order chi connectivity index (χ1) is 14.0. The van der Waals surface area contributed by atoms with E-state index in [-0.39, 0.29) is 22.2 Å². The summed E-state index contributed by atoms with van der Waals surface area (Å²) >= 11 is 7.02. The maximum atomic E-state index is 12.8. The monoisotopic (exact) mass is 431 g/mol. The fourth-order valence-corrected chi connectivity index (χ4v) is 3.48. The molecule has 9 heteroatoms. The number of hydrogen-bond donors (Lipinski definition) is 1. The van der Waals surface area contributed by atoms with E-state index >= 15 is 0 Å². The highest BCUT2D eigenvalue weighted by atomic mass is 35.5. The summed E-state index contributed by atoms with van der Waals surface area (Å²) in [6.45, 7) is 0. The second-order valence-corrected chi connectivity index (χ2v) is 7.16. The van der Waals surface area contributed by atoms with Gasteiger partial charge in [-0.05, 0) is 30.3 Å². The number of halogens is 1. The SMILES string of the molecule is COc1ccc(Cl)cc1NC(=O)CSc1nccn(-c2ccccc2OC)c1=O. The van der Waals surface area contributed by atoms with Crippen molar-refractivity contribution in [2.24, 2.45) is 0 Å². The molecular formula is C20H18ClN3O4S. The Morgan fingerprint density at radius 2 is 1.93 bits per heavy atom. The maximum absolute atomic E-state index is 12.8. The van der Waals surface area contributed by atoms with E-state index in [1.807, 2.05) is 12.1 Å². The van der Waals surface area contributed by atoms with Crippen molar-refractivity contribution in [1.29, 1.82) is 0 Å². The molecule has 0 aliphatic carbocycles. The zero-order chi connectivity index (χ0) is 20.8. The summed E-state index contributed by atoms with van der Waals surface area (Å²) in [6.07, 6.45) is 3.06. The van der Waals surface area contributed by atoms with Crippen LogP contribution in [0.2, 0.25) is 5.02 Å². The molecule has 3 aromatic rings. The molecule has 0 fully saturated rings. The molecule has 0 spiro atoms. The van der Waals surface area contributed by atoms with Gasteiger partial charge in [0.25, 0.3) is 5.56 Å². The molecule has 0 radical (unpaired) electrons. The Morgan fingerprint density at radius 3 is 2.69 bits per heavy atom. The van der Waals surface area contributed by atoms with Gasteiger partial charge in [-0.1, -0.05) is 35.5 Å². The van der Waals surface area contributed by atoms with Crippen molar-refractivity contribution in [2.75, 3.05) is 25.3 Å². The number of nitrogens with one attached hydrogen (secondary N) is 1. The van der Waals surface area contributed by atoms with Crippen LogP contribution in [0.1, 0.15) is 0 Å². The van der Waals surface area contributed by atoms with Gasteiger partial charge in [0, 0.05) is 17.4 Å². The van der Waals surface area contributed by atoms with Gasteiger partial charge in [-0.2, -0.15) is 0 Å². The fraction of sp³-hybridized carbons (Fsp3) is 0.150. The smallest absolute Gasteiger partial charge is 0.287 e. The Hall–Kier alpha value is -2.97. The van der Waals surface area contributed by atoms with Crippen molar-refractivity contribution in [1.82, 2.24) is 9.55 Å². The van der Waals surface area contributed by atoms with E-state index < -0.39 is 0 Å². The molecule has 150 valence electrons. The van der Waals surface area contributed by atoms with E-state index in [0.29, 0.717) is 27.9 Å². The number of rotatable bonds is 7. The van der Waals surface area contributed by atoms with Gasteiger partial charge < -0.3 is 14.8 Å². The number of methoxy groups -OCH3 is 2. The molecule has 1 N–H and O–H groups in total. The van der Waals surface area contributed by atoms with Crippen molar-refractivity contribution in [3.63, 3.8) is 0 Å². The van der Waals surface area contributed by atoms with Crippen molar-refractivity contribution in [2.45, 2.75) is 5.03 Å². The van der Waals surface area contributed by atoms with Crippen LogP contribution in [0.4, 0.5) is 5.69 Å². The maximum Gasteiger partial charge on any atom is 0.287 e. The lowest BCUT2D eigenvalue weighted by Crippen LogP contribution is -2.22. The number of para-hydroxylation sites is 2. The van der Waals surface area contributed by atoms with E-state index in [1.54, 1.807) is 36.5 Å². The van der Waals surface area contributed by atoms with E-state index in [4.69, 9.17) is 21.1 Å². The molecule has 0 saturated carbocycles. The van der Waals surface area contributed by atoms with Crippen molar-refractivity contribution < 1.29 is 14.3 Å². The standard InChI is InChI=1S/C20H18ClN3O4S/c1-27-16-8-7-13(21)11-14(16)23-18(25)12-29-19-20(26)24(10-9-22-19)15-5-3-4-6-17(15)28-2/h3-11H,12H2,1-2H3,(H,23,25). The van der Waals surface area contributed by atoms with Crippen LogP contribution in [0, 0.1) is 0 Å². The third kappa shape index (κ3) is 4.90. The van der Waals surface area contributed by atoms with E-state index in [1.165, 1.54) is 25.0 Å². The summed E-state index contributed by atoms with van der Waals surface area (Å²) in [5.41, 5.74) is 0.713. The Bertz CT molecular complexity index is 1090. The molecular weight excluding hydrogens is 414 g/mol. The molecule has 0 bridgehead atoms. The van der Waals surface area contributed by atoms with Crippen LogP contribution in [0.3, 0.4) is 0 Å². The van der Waals surface area contributed by atoms with Crippen LogP contribution < -0.4 is 20.3 Å². The number of nitrogens with zero attached hydrogens (tertiary/aromatic N) is 2. The third-order valence-corrected chi connectivity index (χ3v) is 5.12. The average Bonchev–Trinajstić information content (AvgIpc) is 2.73. The summed E-state index contributed by atoms with van der Waals surface area (Å²) in [4.78, 5) is 29.3. The van der Waals surface area contributed by atoms with Crippen LogP contribution in [0.15, 0.2) is 64.7 Å². The number of amides is 1. The molecule has 7 nitrogen and oxygen atoms in total. The van der Waals surface area contributed by atoms with Gasteiger partial charge in [0.15, 0.2) is 5.03 Å². The highest BCUT2D eigenvalue weighted by molar-refractivity contribution is 7.99. The van der Waals surface area contributed by atoms with E-state index in [9.17, 15) is 9.59 Å². The second-order valence-electron chi connectivity index (χ2n) is 5.76. The fourth-order valence-electron chi connectivity index (χ4n) is 2.61. The summed E-state index contributed by atoms with van der Waals surface area (Å²) in [7, 11) is 3.04. The lowest BCUT2D eigenvalue weighted by atomic mass is 10.3. The van der Waals surface area contributed by atoms with Gasteiger partial charge in [0.05, 0.1) is 31.3 Å². The molecule has 0 aliphatic heterocycles. The predicted molar refractivity (Wildman–Crippen MR) is 114 cm³/mol. The largest absolute Gasteiger partial charge is 0.495 e. The first-order valence-electron chi connectivity index (χ1n) is 8.50. The van der Waals surface area contributed by atoms with Gasteiger partial charge in [0.1, 0.15) is 11.5 Å². The van der Waals surface area contributed by atoms with Gasteiger partial charge in [-0.25, -0.2) is 4.98 Å². The highest BCUT2D eigenvalue weighted by Crippen LogP contribution is 2.28. The molecule has 3 rings (SSSR count). The number of carbonyl (C=O) groups is 1. The van der Waals surface area contributed by atoms with Gasteiger partial charge in [-0.15, -0.1) is 0 Å². The Kier molecular flexibility index (Phi) is 6.79. The number of anilines is 1. The molecule has 1 amide bonds. The first-order valence-corrected chi connectivity index (χ1v) is 9.87. The molecule has 29 heavy (non-hydrogen) atoms. The van der Waals surface area contributed by atoms with Crippen LogP contribution in [0.25, 0.3) is 5.69 Å². The lowest BCUT2D eigenvalue weighted by molar-refractivity contribution is -0.113. The number of ether oxygens (including phenoxy) is 2. The van der Waals surface area contributed by atoms with Gasteiger partial charge in [-0.3, -0.25) is 14.2 Å². The molecule has 1 heterocycles. The van der Waals surface area contributed by atoms with Crippen molar-refractivity contribution in [3.8, 4) is 17.2 Å². The van der Waals surface area contributed by atoms with Crippen LogP contribution >= 0.6 is 23.4 Å². The Balaban J connectivity index is 1.76. The summed E-state index contributed by atoms with van der Waals surface area (Å²) in [5, 5.41) is 3.40. The lowest BCUT2D eigenvalue weighted by Gasteiger charge is -2.12. The average molecular weight is 432 g/mol. The molecule has 1 aromatic heterocycles. The molecule has 0 saturated heterocycles. The molecule has 0 atom stereocenters. The number of aromatic nitrogens is 2. The second kappa shape index (κ2) is 9.49. The van der Waals surface area contributed by atoms with Crippen LogP contribution in [-0.4, -0.2) is 35.4 Å². The Labute approximate surface area is 176 Å². The quantitative estimate of drug-likeness (QED) is 0.575. The predicted octanol–water partition coefficient (Wildman–Crippen LogP) is 3.63. The van der Waals surface area contributed by atoms with Crippen molar-refractivity contribution >= 4 is 35.0 Å². The normalized spacial score (nSPS) is 10.4. The van der Waals surface area contributed by atoms with E-state index in [0.717, 1.165) is 11.8 Å². The number of carbonyl (C=O) groups excluding carboxylic acids is 1.